The average Bonchev–Trinajstić information content (AvgIpc) is 2.25. The smallest absolute Gasteiger partial charge is 0.258 e. The Morgan fingerprint density at radius 3 is 2.56 bits per heavy atom. The van der Waals surface area contributed by atoms with Gasteiger partial charge in [-0.05, 0) is 27.7 Å². The maximum atomic E-state index is 12.9. The van der Waals surface area contributed by atoms with Gasteiger partial charge < -0.3 is 0 Å². The van der Waals surface area contributed by atoms with Crippen molar-refractivity contribution in [2.45, 2.75) is 4.90 Å². The van der Waals surface area contributed by atoms with Gasteiger partial charge in [0.15, 0.2) is 5.16 Å². The summed E-state index contributed by atoms with van der Waals surface area (Å²) in [5, 5.41) is 9.84. The molecule has 0 spiro atoms. The Kier molecular flexibility index (Phi) is 5.40. The molecule has 0 atom stereocenters. The summed E-state index contributed by atoms with van der Waals surface area (Å²) in [5.41, 5.74) is -0.0847. The van der Waals surface area contributed by atoms with Crippen LogP contribution in [0.5, 0.6) is 0 Å². The molecule has 1 aromatic carbocycles. The average molecular weight is 300 g/mol. The molecule has 0 aliphatic carbocycles. The fraction of sp³-hybridized carbons (Fsp3) is 0. The first kappa shape index (κ1) is 13.6. The molecule has 16 heavy (non-hydrogen) atoms. The molecule has 0 aliphatic rings. The lowest BCUT2D eigenvalue weighted by molar-refractivity contribution is -0.387. The number of hydrogen-bond donors (Lipinski definition) is 0. The summed E-state index contributed by atoms with van der Waals surface area (Å²) in [4.78, 5) is 10.4. The van der Waals surface area contributed by atoms with Crippen LogP contribution in [-0.2, 0) is 0 Å². The lowest BCUT2D eigenvalue weighted by atomic mass is 10.3. The van der Waals surface area contributed by atoms with Crippen molar-refractivity contribution >= 4 is 50.5 Å². The van der Waals surface area contributed by atoms with E-state index in [0.29, 0.717) is 15.7 Å². The molecule has 0 radical (unpaired) electrons. The molecule has 0 saturated carbocycles. The fourth-order valence-electron chi connectivity index (χ4n) is 0.791. The Morgan fingerprint density at radius 1 is 1.38 bits per heavy atom. The van der Waals surface area contributed by atoms with Crippen molar-refractivity contribution < 1.29 is 9.31 Å². The van der Waals surface area contributed by atoms with Gasteiger partial charge in [-0.1, -0.05) is 35.3 Å². The quantitative estimate of drug-likeness (QED) is 0.450. The van der Waals surface area contributed by atoms with Crippen LogP contribution in [0.3, 0.4) is 0 Å². The second-order valence-corrected chi connectivity index (χ2v) is 5.51. The van der Waals surface area contributed by atoms with Crippen molar-refractivity contribution in [3.05, 3.63) is 44.0 Å². The summed E-state index contributed by atoms with van der Waals surface area (Å²) in [6.07, 6.45) is 0. The molecule has 0 aliphatic heterocycles. The van der Waals surface area contributed by atoms with Crippen LogP contribution in [-0.4, -0.2) is 4.92 Å². The number of nitro groups is 1. The van der Waals surface area contributed by atoms with E-state index in [4.69, 9.17) is 23.2 Å². The molecule has 0 heterocycles. The third-order valence-electron chi connectivity index (χ3n) is 1.42. The van der Waals surface area contributed by atoms with Crippen molar-refractivity contribution in [2.24, 2.45) is 0 Å². The van der Waals surface area contributed by atoms with E-state index >= 15 is 0 Å². The molecule has 0 aromatic heterocycles. The van der Waals surface area contributed by atoms with E-state index < -0.39 is 14.6 Å². The maximum Gasteiger partial charge on any atom is 0.283 e. The molecule has 1 rings (SSSR count). The predicted octanol–water partition coefficient (Wildman–Crippen LogP) is 4.91. The van der Waals surface area contributed by atoms with Gasteiger partial charge in [0, 0.05) is 6.07 Å². The van der Waals surface area contributed by atoms with Gasteiger partial charge >= 0.3 is 0 Å². The van der Waals surface area contributed by atoms with E-state index in [1.165, 1.54) is 18.2 Å². The first-order valence-corrected chi connectivity index (χ1v) is 6.71. The van der Waals surface area contributed by atoms with Crippen molar-refractivity contribution in [1.82, 2.24) is 0 Å². The Hall–Kier alpha value is -0.430. The summed E-state index contributed by atoms with van der Waals surface area (Å²) >= 11 is 10.4. The van der Waals surface area contributed by atoms with Gasteiger partial charge in [0.05, 0.1) is 9.82 Å². The van der Waals surface area contributed by atoms with Crippen LogP contribution >= 0.6 is 44.8 Å². The maximum absolute atomic E-state index is 12.9. The highest BCUT2D eigenvalue weighted by molar-refractivity contribution is 8.78. The molecule has 1 aromatic rings. The molecular weight excluding hydrogens is 296 g/mol. The summed E-state index contributed by atoms with van der Waals surface area (Å²) in [7, 11) is 1.52. The summed E-state index contributed by atoms with van der Waals surface area (Å²) in [6.45, 7) is 0. The topological polar surface area (TPSA) is 43.1 Å². The highest BCUT2D eigenvalue weighted by Gasteiger charge is 2.14. The molecule has 0 bridgehead atoms. The second-order valence-electron chi connectivity index (χ2n) is 2.43. The lowest BCUT2D eigenvalue weighted by Gasteiger charge is -2.00. The van der Waals surface area contributed by atoms with Crippen molar-refractivity contribution in [2.75, 3.05) is 0 Å². The normalized spacial score (nSPS) is 9.94. The largest absolute Gasteiger partial charge is 0.283 e. The molecule has 0 fully saturated rings. The first-order valence-electron chi connectivity index (χ1n) is 3.81. The van der Waals surface area contributed by atoms with Gasteiger partial charge in [-0.15, -0.1) is 0 Å². The van der Waals surface area contributed by atoms with E-state index in [9.17, 15) is 14.5 Å². The van der Waals surface area contributed by atoms with Crippen LogP contribution in [0, 0.1) is 10.1 Å². The second kappa shape index (κ2) is 6.34. The number of benzene rings is 1. The van der Waals surface area contributed by atoms with E-state index in [-0.39, 0.29) is 5.69 Å². The van der Waals surface area contributed by atoms with Crippen molar-refractivity contribution in [3.8, 4) is 0 Å². The minimum Gasteiger partial charge on any atom is -0.258 e. The standard InChI is InChI=1S/C8H4Cl2FNO2S2/c9-7(10)8(11)16-15-6-4-2-1-3-5(6)12(13)14/h1-4H. The number of halogens is 3. The minimum atomic E-state index is -0.786. The Labute approximate surface area is 109 Å². The zero-order valence-electron chi connectivity index (χ0n) is 7.52. The fourth-order valence-corrected chi connectivity index (χ4v) is 3.05. The Balaban J connectivity index is 2.82. The lowest BCUT2D eigenvalue weighted by Crippen LogP contribution is -1.88. The molecule has 0 amide bonds. The van der Waals surface area contributed by atoms with Gasteiger partial charge in [0.25, 0.3) is 5.69 Å². The zero-order valence-corrected chi connectivity index (χ0v) is 10.7. The highest BCUT2D eigenvalue weighted by Crippen LogP contribution is 2.43. The van der Waals surface area contributed by atoms with Crippen molar-refractivity contribution in [3.63, 3.8) is 0 Å². The minimum absolute atomic E-state index is 0.0847. The first-order chi connectivity index (χ1) is 7.52. The molecule has 86 valence electrons. The van der Waals surface area contributed by atoms with Crippen LogP contribution in [0.4, 0.5) is 10.1 Å². The number of hydrogen-bond acceptors (Lipinski definition) is 4. The number of para-hydroxylation sites is 1. The monoisotopic (exact) mass is 299 g/mol. The van der Waals surface area contributed by atoms with Crippen LogP contribution < -0.4 is 0 Å². The van der Waals surface area contributed by atoms with E-state index in [0.717, 1.165) is 10.8 Å². The Morgan fingerprint density at radius 2 is 2.00 bits per heavy atom. The molecule has 3 nitrogen and oxygen atoms in total. The van der Waals surface area contributed by atoms with Gasteiger partial charge in [0.1, 0.15) is 4.49 Å². The molecule has 0 N–H and O–H groups in total. The highest BCUT2D eigenvalue weighted by atomic mass is 35.5. The van der Waals surface area contributed by atoms with Crippen LogP contribution in [0.15, 0.2) is 38.8 Å². The van der Waals surface area contributed by atoms with Crippen molar-refractivity contribution in [1.29, 1.82) is 0 Å². The third kappa shape index (κ3) is 3.86. The predicted molar refractivity (Wildman–Crippen MR) is 66.4 cm³/mol. The summed E-state index contributed by atoms with van der Waals surface area (Å²) in [5.74, 6) is 0. The third-order valence-corrected chi connectivity index (χ3v) is 4.16. The molecule has 0 unspecified atom stereocenters. The van der Waals surface area contributed by atoms with E-state index in [2.05, 4.69) is 0 Å². The number of rotatable bonds is 4. The van der Waals surface area contributed by atoms with E-state index in [1.54, 1.807) is 6.07 Å². The number of nitrogens with zero attached hydrogens (tertiary/aromatic N) is 1. The SMILES string of the molecule is O=[N+]([O-])c1ccccc1SSC(F)=C(Cl)Cl. The summed E-state index contributed by atoms with van der Waals surface area (Å²) in [6, 6.07) is 6.02. The van der Waals surface area contributed by atoms with Crippen LogP contribution in [0.2, 0.25) is 0 Å². The van der Waals surface area contributed by atoms with Gasteiger partial charge in [-0.25, -0.2) is 0 Å². The zero-order chi connectivity index (χ0) is 12.1. The molecular formula is C8H4Cl2FNO2S2. The molecule has 0 saturated heterocycles. The van der Waals surface area contributed by atoms with Crippen LogP contribution in [0.25, 0.3) is 0 Å². The van der Waals surface area contributed by atoms with Gasteiger partial charge in [0.2, 0.25) is 0 Å². The Bertz CT molecular complexity index is 438. The van der Waals surface area contributed by atoms with Gasteiger partial charge in [-0.2, -0.15) is 4.39 Å². The number of nitro benzene ring substituents is 1. The molecule has 8 heteroatoms. The van der Waals surface area contributed by atoms with Crippen LogP contribution in [0.1, 0.15) is 0 Å². The summed E-state index contributed by atoms with van der Waals surface area (Å²) < 4.78 is 12.4. The van der Waals surface area contributed by atoms with E-state index in [1.807, 2.05) is 0 Å². The van der Waals surface area contributed by atoms with Gasteiger partial charge in [-0.3, -0.25) is 10.1 Å².